The fourth-order valence-corrected chi connectivity index (χ4v) is 2.28. The number of hydrogen-bond donors (Lipinski definition) is 2. The predicted octanol–water partition coefficient (Wildman–Crippen LogP) is 0.522. The molecule has 2 rings (SSSR count). The Kier molecular flexibility index (Phi) is 4.13. The van der Waals surface area contributed by atoms with Crippen molar-refractivity contribution in [3.63, 3.8) is 0 Å². The van der Waals surface area contributed by atoms with Crippen molar-refractivity contribution in [3.05, 3.63) is 0 Å². The van der Waals surface area contributed by atoms with E-state index in [9.17, 15) is 14.7 Å². The van der Waals surface area contributed by atoms with Crippen molar-refractivity contribution in [3.8, 4) is 0 Å². The van der Waals surface area contributed by atoms with Crippen LogP contribution in [0.25, 0.3) is 0 Å². The molecule has 1 saturated carbocycles. The molecule has 0 aromatic heterocycles. The lowest BCUT2D eigenvalue weighted by atomic mass is 10.0. The van der Waals surface area contributed by atoms with Gasteiger partial charge in [0, 0.05) is 26.1 Å². The lowest BCUT2D eigenvalue weighted by Crippen LogP contribution is -2.43. The van der Waals surface area contributed by atoms with E-state index in [1.807, 2.05) is 11.8 Å². The highest BCUT2D eigenvalue weighted by molar-refractivity contribution is 5.89. The molecule has 2 amide bonds. The van der Waals surface area contributed by atoms with Crippen LogP contribution in [-0.4, -0.2) is 47.1 Å². The van der Waals surface area contributed by atoms with Gasteiger partial charge in [0.1, 0.15) is 0 Å². The van der Waals surface area contributed by atoms with E-state index in [1.54, 1.807) is 6.92 Å². The summed E-state index contributed by atoms with van der Waals surface area (Å²) in [6.07, 6.45) is 3.32. The summed E-state index contributed by atoms with van der Waals surface area (Å²) in [5, 5.41) is 12.6. The zero-order valence-electron chi connectivity index (χ0n) is 11.8. The number of likely N-dealkylation sites (tertiary alicyclic amines) is 1. The molecule has 1 saturated heterocycles. The Morgan fingerprint density at radius 3 is 2.79 bits per heavy atom. The van der Waals surface area contributed by atoms with E-state index < -0.39 is 5.60 Å². The predicted molar refractivity (Wildman–Crippen MR) is 71.3 cm³/mol. The number of rotatable bonds is 6. The Morgan fingerprint density at radius 1 is 1.53 bits per heavy atom. The average Bonchev–Trinajstić information content (AvgIpc) is 3.10. The second-order valence-corrected chi connectivity index (χ2v) is 6.21. The lowest BCUT2D eigenvalue weighted by molar-refractivity contribution is -0.129. The van der Waals surface area contributed by atoms with Crippen molar-refractivity contribution in [1.29, 1.82) is 0 Å². The molecule has 2 aliphatic rings. The van der Waals surface area contributed by atoms with Gasteiger partial charge in [0.25, 0.3) is 0 Å². The maximum Gasteiger partial charge on any atom is 0.225 e. The van der Waals surface area contributed by atoms with E-state index in [1.165, 1.54) is 12.8 Å². The summed E-state index contributed by atoms with van der Waals surface area (Å²) in [5.41, 5.74) is -0.869. The lowest BCUT2D eigenvalue weighted by Gasteiger charge is -2.22. The topological polar surface area (TPSA) is 69.6 Å². The highest BCUT2D eigenvalue weighted by Gasteiger charge is 2.37. The molecule has 0 aromatic rings. The molecule has 5 nitrogen and oxygen atoms in total. The zero-order valence-corrected chi connectivity index (χ0v) is 11.8. The van der Waals surface area contributed by atoms with Crippen LogP contribution in [0.3, 0.4) is 0 Å². The smallest absolute Gasteiger partial charge is 0.225 e. The Hall–Kier alpha value is -1.10. The van der Waals surface area contributed by atoms with Gasteiger partial charge in [0.2, 0.25) is 11.8 Å². The van der Waals surface area contributed by atoms with Crippen LogP contribution >= 0.6 is 0 Å². The molecule has 1 heterocycles. The van der Waals surface area contributed by atoms with Gasteiger partial charge in [-0.15, -0.1) is 0 Å². The van der Waals surface area contributed by atoms with Crippen LogP contribution in [0.2, 0.25) is 0 Å². The largest absolute Gasteiger partial charge is 0.388 e. The summed E-state index contributed by atoms with van der Waals surface area (Å²) in [6.45, 7) is 5.18. The minimum Gasteiger partial charge on any atom is -0.388 e. The van der Waals surface area contributed by atoms with E-state index in [2.05, 4.69) is 5.32 Å². The van der Waals surface area contributed by atoms with Crippen LogP contribution in [0, 0.1) is 11.8 Å². The number of amides is 2. The molecule has 19 heavy (non-hydrogen) atoms. The normalized spacial score (nSPS) is 26.4. The number of nitrogens with one attached hydrogen (secondary N) is 1. The minimum absolute atomic E-state index is 0.0919. The summed E-state index contributed by atoms with van der Waals surface area (Å²) in [6, 6.07) is 0. The van der Waals surface area contributed by atoms with E-state index in [0.29, 0.717) is 25.3 Å². The van der Waals surface area contributed by atoms with E-state index in [-0.39, 0.29) is 24.3 Å². The van der Waals surface area contributed by atoms with Gasteiger partial charge < -0.3 is 15.3 Å². The summed E-state index contributed by atoms with van der Waals surface area (Å²) in [4.78, 5) is 25.6. The van der Waals surface area contributed by atoms with Gasteiger partial charge in [-0.25, -0.2) is 0 Å². The third kappa shape index (κ3) is 3.93. The second kappa shape index (κ2) is 5.49. The Balaban J connectivity index is 1.78. The fraction of sp³-hybridized carbons (Fsp3) is 0.857. The molecule has 1 aliphatic carbocycles. The summed E-state index contributed by atoms with van der Waals surface area (Å²) < 4.78 is 0. The Labute approximate surface area is 114 Å². The molecule has 5 heteroatoms. The monoisotopic (exact) mass is 268 g/mol. The van der Waals surface area contributed by atoms with Crippen molar-refractivity contribution < 1.29 is 14.7 Å². The first-order chi connectivity index (χ1) is 8.91. The zero-order chi connectivity index (χ0) is 14.0. The third-order valence-corrected chi connectivity index (χ3v) is 4.17. The maximum absolute atomic E-state index is 12.0. The number of hydrogen-bond acceptors (Lipinski definition) is 3. The SMILES string of the molecule is CCC(C)(O)CNC(=O)C1CC(=O)N(CC2CC2)C1. The van der Waals surface area contributed by atoms with Gasteiger partial charge in [0.05, 0.1) is 11.5 Å². The fourth-order valence-electron chi connectivity index (χ4n) is 2.28. The molecule has 0 bridgehead atoms. The van der Waals surface area contributed by atoms with Gasteiger partial charge in [0.15, 0.2) is 0 Å². The highest BCUT2D eigenvalue weighted by Crippen LogP contribution is 2.32. The van der Waals surface area contributed by atoms with E-state index >= 15 is 0 Å². The number of aliphatic hydroxyl groups is 1. The summed E-state index contributed by atoms with van der Waals surface area (Å²) in [7, 11) is 0. The molecule has 2 atom stereocenters. The molecule has 2 unspecified atom stereocenters. The van der Waals surface area contributed by atoms with Crippen molar-refractivity contribution in [2.24, 2.45) is 11.8 Å². The van der Waals surface area contributed by atoms with Crippen LogP contribution in [-0.2, 0) is 9.59 Å². The minimum atomic E-state index is -0.869. The van der Waals surface area contributed by atoms with Gasteiger partial charge in [-0.1, -0.05) is 6.92 Å². The molecule has 2 N–H and O–H groups in total. The standard InChI is InChI=1S/C14H24N2O3/c1-3-14(2,19)9-15-13(18)11-6-12(17)16(8-11)7-10-4-5-10/h10-11,19H,3-9H2,1-2H3,(H,15,18). The van der Waals surface area contributed by atoms with Crippen molar-refractivity contribution in [1.82, 2.24) is 10.2 Å². The van der Waals surface area contributed by atoms with Crippen molar-refractivity contribution in [2.45, 2.75) is 45.1 Å². The van der Waals surface area contributed by atoms with Crippen LogP contribution < -0.4 is 5.32 Å². The molecule has 0 radical (unpaired) electrons. The number of carbonyl (C=O) groups is 2. The molecule has 1 aliphatic heterocycles. The molecule has 0 aromatic carbocycles. The van der Waals surface area contributed by atoms with Crippen LogP contribution in [0.4, 0.5) is 0 Å². The van der Waals surface area contributed by atoms with E-state index in [4.69, 9.17) is 0 Å². The summed E-state index contributed by atoms with van der Waals surface area (Å²) >= 11 is 0. The molecule has 2 fully saturated rings. The molecule has 108 valence electrons. The molecule has 0 spiro atoms. The van der Waals surface area contributed by atoms with Gasteiger partial charge in [-0.3, -0.25) is 9.59 Å². The van der Waals surface area contributed by atoms with Crippen molar-refractivity contribution >= 4 is 11.8 Å². The first kappa shape index (κ1) is 14.3. The van der Waals surface area contributed by atoms with Crippen LogP contribution in [0.15, 0.2) is 0 Å². The van der Waals surface area contributed by atoms with Crippen LogP contribution in [0.1, 0.15) is 39.5 Å². The maximum atomic E-state index is 12.0. The summed E-state index contributed by atoms with van der Waals surface area (Å²) in [5.74, 6) is 0.389. The van der Waals surface area contributed by atoms with Gasteiger partial charge in [-0.2, -0.15) is 0 Å². The molecular formula is C14H24N2O3. The first-order valence-corrected chi connectivity index (χ1v) is 7.19. The first-order valence-electron chi connectivity index (χ1n) is 7.19. The van der Waals surface area contributed by atoms with Gasteiger partial charge >= 0.3 is 0 Å². The number of nitrogens with zero attached hydrogens (tertiary/aromatic N) is 1. The van der Waals surface area contributed by atoms with E-state index in [0.717, 1.165) is 6.54 Å². The third-order valence-electron chi connectivity index (χ3n) is 4.17. The van der Waals surface area contributed by atoms with Crippen molar-refractivity contribution in [2.75, 3.05) is 19.6 Å². The quantitative estimate of drug-likeness (QED) is 0.738. The highest BCUT2D eigenvalue weighted by atomic mass is 16.3. The Morgan fingerprint density at radius 2 is 2.21 bits per heavy atom. The Bertz CT molecular complexity index is 364. The average molecular weight is 268 g/mol. The van der Waals surface area contributed by atoms with Crippen LogP contribution in [0.5, 0.6) is 0 Å². The second-order valence-electron chi connectivity index (χ2n) is 6.21. The van der Waals surface area contributed by atoms with Gasteiger partial charge in [-0.05, 0) is 32.1 Å². The number of carbonyl (C=O) groups excluding carboxylic acids is 2. The molecular weight excluding hydrogens is 244 g/mol.